The molecule has 4 nitrogen and oxygen atoms in total. The van der Waals surface area contributed by atoms with Gasteiger partial charge < -0.3 is 4.90 Å². The molecule has 1 heterocycles. The number of nitrogens with zero attached hydrogens (tertiary/aromatic N) is 2. The number of hydrogen-bond donors (Lipinski definition) is 1. The molecule has 0 spiro atoms. The number of nitrogens with one attached hydrogen (secondary N) is 1. The highest BCUT2D eigenvalue weighted by molar-refractivity contribution is 5.97. The third kappa shape index (κ3) is 2.53. The fraction of sp³-hybridized carbons (Fsp3) is 0.429. The van der Waals surface area contributed by atoms with Crippen LogP contribution in [0.1, 0.15) is 37.0 Å². The van der Waals surface area contributed by atoms with Crippen LogP contribution in [0.5, 0.6) is 0 Å². The zero-order chi connectivity index (χ0) is 13.0. The van der Waals surface area contributed by atoms with Crippen molar-refractivity contribution in [1.29, 1.82) is 0 Å². The van der Waals surface area contributed by atoms with Gasteiger partial charge in [0.15, 0.2) is 0 Å². The molecule has 1 aromatic heterocycles. The van der Waals surface area contributed by atoms with Gasteiger partial charge in [-0.15, -0.1) is 0 Å². The molecule has 96 valence electrons. The van der Waals surface area contributed by atoms with Crippen molar-refractivity contribution in [3.05, 3.63) is 30.0 Å². The average Bonchev–Trinajstić information content (AvgIpc) is 2.84. The van der Waals surface area contributed by atoms with Gasteiger partial charge in [-0.2, -0.15) is 5.10 Å². The second kappa shape index (κ2) is 5.67. The van der Waals surface area contributed by atoms with Gasteiger partial charge in [0.1, 0.15) is 0 Å². The van der Waals surface area contributed by atoms with Crippen molar-refractivity contribution in [1.82, 2.24) is 15.1 Å². The van der Waals surface area contributed by atoms with Gasteiger partial charge in [-0.1, -0.05) is 19.9 Å². The molecule has 0 fully saturated rings. The number of hydrogen-bond acceptors (Lipinski definition) is 2. The monoisotopic (exact) mass is 245 g/mol. The van der Waals surface area contributed by atoms with Crippen LogP contribution in [0.3, 0.4) is 0 Å². The molecule has 18 heavy (non-hydrogen) atoms. The summed E-state index contributed by atoms with van der Waals surface area (Å²) in [4.78, 5) is 14.3. The maximum Gasteiger partial charge on any atom is 0.253 e. The van der Waals surface area contributed by atoms with E-state index in [1.807, 2.05) is 23.1 Å². The predicted molar refractivity (Wildman–Crippen MR) is 72.6 cm³/mol. The smallest absolute Gasteiger partial charge is 0.253 e. The first-order valence-electron chi connectivity index (χ1n) is 6.48. The van der Waals surface area contributed by atoms with Crippen LogP contribution >= 0.6 is 0 Å². The lowest BCUT2D eigenvalue weighted by Gasteiger charge is -2.21. The maximum absolute atomic E-state index is 12.4. The summed E-state index contributed by atoms with van der Waals surface area (Å²) in [6.07, 6.45) is 3.73. The van der Waals surface area contributed by atoms with Crippen LogP contribution in [-0.2, 0) is 0 Å². The first-order chi connectivity index (χ1) is 8.76. The molecular weight excluding hydrogens is 226 g/mol. The van der Waals surface area contributed by atoms with E-state index in [0.717, 1.165) is 42.4 Å². The number of aromatic nitrogens is 2. The molecule has 0 saturated heterocycles. The van der Waals surface area contributed by atoms with Crippen molar-refractivity contribution in [3.8, 4) is 0 Å². The van der Waals surface area contributed by atoms with Crippen molar-refractivity contribution < 1.29 is 4.79 Å². The number of rotatable bonds is 5. The molecule has 0 atom stereocenters. The molecule has 0 aliphatic heterocycles. The van der Waals surface area contributed by atoms with Crippen molar-refractivity contribution in [3.63, 3.8) is 0 Å². The van der Waals surface area contributed by atoms with E-state index < -0.39 is 0 Å². The quantitative estimate of drug-likeness (QED) is 0.880. The topological polar surface area (TPSA) is 49.0 Å². The molecule has 0 aliphatic carbocycles. The lowest BCUT2D eigenvalue weighted by atomic mass is 10.1. The highest BCUT2D eigenvalue weighted by Gasteiger charge is 2.14. The number of amides is 1. The lowest BCUT2D eigenvalue weighted by Crippen LogP contribution is -2.32. The molecule has 4 heteroatoms. The Labute approximate surface area is 107 Å². The van der Waals surface area contributed by atoms with Crippen LogP contribution in [0, 0.1) is 0 Å². The summed E-state index contributed by atoms with van der Waals surface area (Å²) in [5.41, 5.74) is 1.64. The van der Waals surface area contributed by atoms with Gasteiger partial charge in [-0.05, 0) is 25.0 Å². The van der Waals surface area contributed by atoms with Crippen LogP contribution in [0.2, 0.25) is 0 Å². The van der Waals surface area contributed by atoms with E-state index >= 15 is 0 Å². The summed E-state index contributed by atoms with van der Waals surface area (Å²) in [5.74, 6) is 0.107. The number of carbonyl (C=O) groups excluding carboxylic acids is 1. The Kier molecular flexibility index (Phi) is 3.97. The minimum Gasteiger partial charge on any atom is -0.339 e. The van der Waals surface area contributed by atoms with E-state index in [-0.39, 0.29) is 5.91 Å². The number of benzene rings is 1. The maximum atomic E-state index is 12.4. The third-order valence-corrected chi connectivity index (χ3v) is 2.96. The number of aromatic amines is 1. The lowest BCUT2D eigenvalue weighted by molar-refractivity contribution is 0.0755. The fourth-order valence-corrected chi connectivity index (χ4v) is 2.11. The van der Waals surface area contributed by atoms with E-state index in [0.29, 0.717) is 0 Å². The molecule has 1 aromatic carbocycles. The van der Waals surface area contributed by atoms with Gasteiger partial charge in [0.05, 0.1) is 11.7 Å². The summed E-state index contributed by atoms with van der Waals surface area (Å²) in [6, 6.07) is 5.68. The van der Waals surface area contributed by atoms with Crippen LogP contribution in [0.15, 0.2) is 24.4 Å². The molecule has 0 radical (unpaired) electrons. The average molecular weight is 245 g/mol. The van der Waals surface area contributed by atoms with Gasteiger partial charge in [0, 0.05) is 24.0 Å². The van der Waals surface area contributed by atoms with Gasteiger partial charge in [0.25, 0.3) is 5.91 Å². The summed E-state index contributed by atoms with van der Waals surface area (Å²) in [6.45, 7) is 5.81. The standard InChI is InChI=1S/C14H19N3O/c1-3-7-17(8-4-2)14(18)11-5-6-12-10-15-16-13(12)9-11/h5-6,9-10H,3-4,7-8H2,1-2H3,(H,15,16). The fourth-order valence-electron chi connectivity index (χ4n) is 2.11. The SMILES string of the molecule is CCCN(CCC)C(=O)c1ccc2cn[nH]c2c1. The Hall–Kier alpha value is -1.84. The van der Waals surface area contributed by atoms with E-state index in [1.165, 1.54) is 0 Å². The largest absolute Gasteiger partial charge is 0.339 e. The van der Waals surface area contributed by atoms with E-state index in [1.54, 1.807) is 6.20 Å². The van der Waals surface area contributed by atoms with E-state index in [2.05, 4.69) is 24.0 Å². The van der Waals surface area contributed by atoms with Gasteiger partial charge in [0.2, 0.25) is 0 Å². The molecular formula is C14H19N3O. The van der Waals surface area contributed by atoms with Crippen molar-refractivity contribution >= 4 is 16.8 Å². The Morgan fingerprint density at radius 2 is 2.00 bits per heavy atom. The molecule has 2 rings (SSSR count). The van der Waals surface area contributed by atoms with Gasteiger partial charge in [-0.25, -0.2) is 0 Å². The summed E-state index contributed by atoms with van der Waals surface area (Å²) < 4.78 is 0. The van der Waals surface area contributed by atoms with Crippen LogP contribution in [0.25, 0.3) is 10.9 Å². The zero-order valence-electron chi connectivity index (χ0n) is 10.9. The highest BCUT2D eigenvalue weighted by Crippen LogP contribution is 2.14. The van der Waals surface area contributed by atoms with E-state index in [4.69, 9.17) is 0 Å². The molecule has 0 saturated carbocycles. The number of carbonyl (C=O) groups is 1. The molecule has 0 unspecified atom stereocenters. The van der Waals surface area contributed by atoms with Crippen LogP contribution in [0.4, 0.5) is 0 Å². The summed E-state index contributed by atoms with van der Waals surface area (Å²) in [7, 11) is 0. The Morgan fingerprint density at radius 3 is 2.67 bits per heavy atom. The van der Waals surface area contributed by atoms with Gasteiger partial charge >= 0.3 is 0 Å². The number of fused-ring (bicyclic) bond motifs is 1. The van der Waals surface area contributed by atoms with Crippen molar-refractivity contribution in [2.24, 2.45) is 0 Å². The molecule has 0 aliphatic rings. The van der Waals surface area contributed by atoms with Gasteiger partial charge in [-0.3, -0.25) is 9.89 Å². The highest BCUT2D eigenvalue weighted by atomic mass is 16.2. The van der Waals surface area contributed by atoms with Crippen LogP contribution < -0.4 is 0 Å². The first kappa shape index (κ1) is 12.6. The zero-order valence-corrected chi connectivity index (χ0v) is 10.9. The first-order valence-corrected chi connectivity index (χ1v) is 6.48. The van der Waals surface area contributed by atoms with Crippen molar-refractivity contribution in [2.45, 2.75) is 26.7 Å². The molecule has 1 N–H and O–H groups in total. The minimum atomic E-state index is 0.107. The molecule has 2 aromatic rings. The Balaban J connectivity index is 2.24. The van der Waals surface area contributed by atoms with Crippen molar-refractivity contribution in [2.75, 3.05) is 13.1 Å². The summed E-state index contributed by atoms with van der Waals surface area (Å²) >= 11 is 0. The Morgan fingerprint density at radius 1 is 1.28 bits per heavy atom. The second-order valence-corrected chi connectivity index (χ2v) is 4.46. The predicted octanol–water partition coefficient (Wildman–Crippen LogP) is 2.83. The Bertz CT molecular complexity index is 527. The van der Waals surface area contributed by atoms with E-state index in [9.17, 15) is 4.79 Å². The molecule has 0 bridgehead atoms. The third-order valence-electron chi connectivity index (χ3n) is 2.96. The normalized spacial score (nSPS) is 10.8. The number of H-pyrrole nitrogens is 1. The summed E-state index contributed by atoms with van der Waals surface area (Å²) in [5, 5.41) is 7.90. The second-order valence-electron chi connectivity index (χ2n) is 4.46. The molecule has 1 amide bonds. The minimum absolute atomic E-state index is 0.107. The van der Waals surface area contributed by atoms with Crippen LogP contribution in [-0.4, -0.2) is 34.1 Å².